The fourth-order valence-electron chi connectivity index (χ4n) is 2.70. The zero-order valence-corrected chi connectivity index (χ0v) is 13.7. The van der Waals surface area contributed by atoms with Crippen molar-refractivity contribution in [3.8, 4) is 5.75 Å². The quantitative estimate of drug-likeness (QED) is 0.493. The van der Waals surface area contributed by atoms with Gasteiger partial charge in [-0.15, -0.1) is 5.06 Å². The van der Waals surface area contributed by atoms with Gasteiger partial charge >= 0.3 is 0 Å². The molecule has 130 valence electrons. The minimum Gasteiger partial charge on any atom is -0.497 e. The van der Waals surface area contributed by atoms with Crippen LogP contribution in [0, 0.1) is 0 Å². The maximum absolute atomic E-state index is 12.3. The minimum absolute atomic E-state index is 0.283. The third kappa shape index (κ3) is 3.12. The van der Waals surface area contributed by atoms with Gasteiger partial charge in [0.15, 0.2) is 0 Å². The molecule has 0 aromatic heterocycles. The molecule has 0 fully saturated rings. The molecule has 1 aliphatic rings. The van der Waals surface area contributed by atoms with Crippen molar-refractivity contribution >= 4 is 11.8 Å². The lowest BCUT2D eigenvalue weighted by Gasteiger charge is -2.25. The number of hydrogen-bond donors (Lipinski definition) is 1. The minimum atomic E-state index is -0.893. The summed E-state index contributed by atoms with van der Waals surface area (Å²) in [5.41, 5.74) is 1.17. The van der Waals surface area contributed by atoms with Gasteiger partial charge in [-0.05, 0) is 36.8 Å². The number of carbonyl (C=O) groups excluding carboxylic acids is 2. The standard InChI is InChI=1S/C18H17NO6/c1-11(16(25-22)12-7-9-13(23-2)10-8-12)24-19-17(20)14-5-3-4-6-15(14)18(19)21/h3-11,16,22H,1-2H3. The van der Waals surface area contributed by atoms with Crippen molar-refractivity contribution in [2.75, 3.05) is 7.11 Å². The molecule has 0 saturated carbocycles. The Bertz CT molecular complexity index is 753. The van der Waals surface area contributed by atoms with Crippen LogP contribution >= 0.6 is 0 Å². The monoisotopic (exact) mass is 343 g/mol. The highest BCUT2D eigenvalue weighted by Gasteiger charge is 2.39. The lowest BCUT2D eigenvalue weighted by atomic mass is 10.1. The molecule has 2 aromatic carbocycles. The first-order chi connectivity index (χ1) is 12.1. The largest absolute Gasteiger partial charge is 0.497 e. The molecule has 1 aliphatic heterocycles. The molecule has 2 atom stereocenters. The number of rotatable bonds is 6. The Balaban J connectivity index is 1.77. The van der Waals surface area contributed by atoms with Gasteiger partial charge in [0.2, 0.25) is 0 Å². The van der Waals surface area contributed by atoms with Crippen LogP contribution in [0.1, 0.15) is 39.3 Å². The Kier molecular flexibility index (Phi) is 4.80. The SMILES string of the molecule is COc1ccc(C(OO)C(C)ON2C(=O)c3ccccc3C2=O)cc1. The highest BCUT2D eigenvalue weighted by atomic mass is 17.1. The molecule has 3 rings (SSSR count). The number of carbonyl (C=O) groups is 2. The second kappa shape index (κ2) is 7.02. The number of benzene rings is 2. The van der Waals surface area contributed by atoms with Crippen molar-refractivity contribution in [3.05, 3.63) is 65.2 Å². The van der Waals surface area contributed by atoms with Crippen LogP contribution in [-0.4, -0.2) is 35.3 Å². The maximum Gasteiger partial charge on any atom is 0.285 e. The van der Waals surface area contributed by atoms with Crippen molar-refractivity contribution < 1.29 is 29.3 Å². The van der Waals surface area contributed by atoms with Crippen molar-refractivity contribution in [2.24, 2.45) is 0 Å². The van der Waals surface area contributed by atoms with E-state index in [0.29, 0.717) is 16.4 Å². The summed E-state index contributed by atoms with van der Waals surface area (Å²) in [6.07, 6.45) is -1.70. The van der Waals surface area contributed by atoms with E-state index in [-0.39, 0.29) is 11.1 Å². The first-order valence-electron chi connectivity index (χ1n) is 7.65. The molecular formula is C18H17NO6. The Morgan fingerprint density at radius 3 is 2.00 bits per heavy atom. The van der Waals surface area contributed by atoms with Gasteiger partial charge in [-0.2, -0.15) is 0 Å². The van der Waals surface area contributed by atoms with Gasteiger partial charge in [-0.25, -0.2) is 4.89 Å². The smallest absolute Gasteiger partial charge is 0.285 e. The van der Waals surface area contributed by atoms with Crippen LogP contribution in [0.5, 0.6) is 5.75 Å². The molecule has 1 N–H and O–H groups in total. The van der Waals surface area contributed by atoms with Crippen molar-refractivity contribution in [1.29, 1.82) is 0 Å². The van der Waals surface area contributed by atoms with E-state index in [1.807, 2.05) is 0 Å². The van der Waals surface area contributed by atoms with Crippen molar-refractivity contribution in [1.82, 2.24) is 5.06 Å². The molecule has 1 heterocycles. The van der Waals surface area contributed by atoms with Gasteiger partial charge in [-0.1, -0.05) is 24.3 Å². The van der Waals surface area contributed by atoms with E-state index in [1.54, 1.807) is 62.6 Å². The normalized spacial score (nSPS) is 15.9. The number of fused-ring (bicyclic) bond motifs is 1. The van der Waals surface area contributed by atoms with Gasteiger partial charge in [-0.3, -0.25) is 19.7 Å². The Labute approximate surface area is 144 Å². The van der Waals surface area contributed by atoms with E-state index in [2.05, 4.69) is 4.89 Å². The van der Waals surface area contributed by atoms with Crippen LogP contribution in [0.15, 0.2) is 48.5 Å². The van der Waals surface area contributed by atoms with E-state index in [1.165, 1.54) is 0 Å². The molecule has 2 amide bonds. The van der Waals surface area contributed by atoms with E-state index in [9.17, 15) is 14.8 Å². The molecule has 2 aromatic rings. The average molecular weight is 343 g/mol. The van der Waals surface area contributed by atoms with E-state index < -0.39 is 24.0 Å². The van der Waals surface area contributed by atoms with E-state index >= 15 is 0 Å². The summed E-state index contributed by atoms with van der Waals surface area (Å²) in [7, 11) is 1.54. The zero-order valence-electron chi connectivity index (χ0n) is 13.7. The predicted octanol–water partition coefficient (Wildman–Crippen LogP) is 2.84. The van der Waals surface area contributed by atoms with Crippen LogP contribution < -0.4 is 4.74 Å². The van der Waals surface area contributed by atoms with Gasteiger partial charge in [0.05, 0.1) is 18.2 Å². The van der Waals surface area contributed by atoms with Gasteiger partial charge in [0.25, 0.3) is 11.8 Å². The summed E-state index contributed by atoms with van der Waals surface area (Å²) < 4.78 is 5.08. The summed E-state index contributed by atoms with van der Waals surface area (Å²) in [5, 5.41) is 9.96. The summed E-state index contributed by atoms with van der Waals surface area (Å²) in [6, 6.07) is 13.3. The second-order valence-corrected chi connectivity index (χ2v) is 5.56. The number of hydroxylamine groups is 2. The summed E-state index contributed by atoms with van der Waals surface area (Å²) >= 11 is 0. The molecule has 0 aliphatic carbocycles. The number of hydrogen-bond acceptors (Lipinski definition) is 6. The van der Waals surface area contributed by atoms with E-state index in [4.69, 9.17) is 9.57 Å². The summed E-state index contributed by atoms with van der Waals surface area (Å²) in [6.45, 7) is 1.59. The molecule has 0 bridgehead atoms. The van der Waals surface area contributed by atoms with Crippen LogP contribution in [0.25, 0.3) is 0 Å². The fourth-order valence-corrected chi connectivity index (χ4v) is 2.70. The summed E-state index contributed by atoms with van der Waals surface area (Å²) in [4.78, 5) is 34.7. The van der Waals surface area contributed by atoms with Crippen molar-refractivity contribution in [3.63, 3.8) is 0 Å². The number of imide groups is 1. The summed E-state index contributed by atoms with van der Waals surface area (Å²) in [5.74, 6) is -0.438. The molecular weight excluding hydrogens is 326 g/mol. The topological polar surface area (TPSA) is 85.3 Å². The molecule has 25 heavy (non-hydrogen) atoms. The lowest BCUT2D eigenvalue weighted by molar-refractivity contribution is -0.315. The number of nitrogens with zero attached hydrogens (tertiary/aromatic N) is 1. The molecule has 0 spiro atoms. The van der Waals surface area contributed by atoms with Crippen LogP contribution in [0.3, 0.4) is 0 Å². The van der Waals surface area contributed by atoms with Crippen molar-refractivity contribution in [2.45, 2.75) is 19.1 Å². The maximum atomic E-state index is 12.3. The lowest BCUT2D eigenvalue weighted by Crippen LogP contribution is -2.36. The van der Waals surface area contributed by atoms with E-state index in [0.717, 1.165) is 0 Å². The first kappa shape index (κ1) is 17.1. The molecule has 7 heteroatoms. The number of methoxy groups -OCH3 is 1. The van der Waals surface area contributed by atoms with Crippen LogP contribution in [-0.2, 0) is 9.73 Å². The first-order valence-corrected chi connectivity index (χ1v) is 7.65. The zero-order chi connectivity index (χ0) is 18.0. The third-order valence-electron chi connectivity index (χ3n) is 4.01. The Morgan fingerprint density at radius 1 is 0.960 bits per heavy atom. The highest BCUT2D eigenvalue weighted by molar-refractivity contribution is 6.20. The average Bonchev–Trinajstić information content (AvgIpc) is 2.88. The number of amides is 2. The Hall–Kier alpha value is -2.74. The molecule has 7 nitrogen and oxygen atoms in total. The highest BCUT2D eigenvalue weighted by Crippen LogP contribution is 2.29. The van der Waals surface area contributed by atoms with Gasteiger partial charge in [0.1, 0.15) is 18.0 Å². The third-order valence-corrected chi connectivity index (χ3v) is 4.01. The molecule has 0 radical (unpaired) electrons. The molecule has 0 saturated heterocycles. The fraction of sp³-hybridized carbons (Fsp3) is 0.222. The molecule has 2 unspecified atom stereocenters. The number of ether oxygens (including phenoxy) is 1. The van der Waals surface area contributed by atoms with Crippen LogP contribution in [0.2, 0.25) is 0 Å². The van der Waals surface area contributed by atoms with Gasteiger partial charge in [0, 0.05) is 0 Å². The second-order valence-electron chi connectivity index (χ2n) is 5.56. The van der Waals surface area contributed by atoms with Gasteiger partial charge < -0.3 is 4.74 Å². The predicted molar refractivity (Wildman–Crippen MR) is 86.9 cm³/mol. The Morgan fingerprint density at radius 2 is 1.52 bits per heavy atom. The van der Waals surface area contributed by atoms with Crippen LogP contribution in [0.4, 0.5) is 0 Å².